The van der Waals surface area contributed by atoms with Crippen LogP contribution in [-0.2, 0) is 0 Å². The van der Waals surface area contributed by atoms with Gasteiger partial charge in [-0.3, -0.25) is 0 Å². The molecule has 66 valence electrons. The molecule has 13 heavy (non-hydrogen) atoms. The van der Waals surface area contributed by atoms with E-state index in [1.54, 1.807) is 6.07 Å². The molecule has 0 aliphatic rings. The molecular formula is C8H5BrFN3. The van der Waals surface area contributed by atoms with Gasteiger partial charge in [0.25, 0.3) is 0 Å². The molecule has 0 fully saturated rings. The summed E-state index contributed by atoms with van der Waals surface area (Å²) in [6.07, 6.45) is 1.37. The van der Waals surface area contributed by atoms with Gasteiger partial charge in [0.1, 0.15) is 5.82 Å². The fourth-order valence-electron chi connectivity index (χ4n) is 1.07. The molecule has 0 atom stereocenters. The number of hydrogen-bond acceptors (Lipinski definition) is 3. The van der Waals surface area contributed by atoms with Crippen LogP contribution in [0.1, 0.15) is 0 Å². The van der Waals surface area contributed by atoms with Crippen LogP contribution in [0.15, 0.2) is 22.8 Å². The number of aromatic nitrogens is 2. The molecule has 0 unspecified atom stereocenters. The second-order valence-corrected chi connectivity index (χ2v) is 3.46. The van der Waals surface area contributed by atoms with Crippen LogP contribution in [0.2, 0.25) is 0 Å². The van der Waals surface area contributed by atoms with Crippen molar-refractivity contribution in [1.29, 1.82) is 0 Å². The highest BCUT2D eigenvalue weighted by Crippen LogP contribution is 2.21. The number of benzene rings is 1. The Balaban J connectivity index is 2.86. The summed E-state index contributed by atoms with van der Waals surface area (Å²) in [4.78, 5) is 7.60. The lowest BCUT2D eigenvalue weighted by Crippen LogP contribution is -1.95. The SMILES string of the molecule is Nc1ncc2c(F)cc(Br)cc2n1. The molecule has 0 saturated heterocycles. The fraction of sp³-hybridized carbons (Fsp3) is 0. The molecule has 1 aromatic heterocycles. The van der Waals surface area contributed by atoms with Gasteiger partial charge in [0.05, 0.1) is 10.9 Å². The maximum Gasteiger partial charge on any atom is 0.220 e. The van der Waals surface area contributed by atoms with Crippen molar-refractivity contribution in [2.45, 2.75) is 0 Å². The number of nitrogens with two attached hydrogens (primary N) is 1. The van der Waals surface area contributed by atoms with E-state index in [9.17, 15) is 4.39 Å². The summed E-state index contributed by atoms with van der Waals surface area (Å²) in [5.74, 6) is -0.214. The highest BCUT2D eigenvalue weighted by molar-refractivity contribution is 9.10. The van der Waals surface area contributed by atoms with Crippen molar-refractivity contribution in [1.82, 2.24) is 9.97 Å². The van der Waals surface area contributed by atoms with Crippen molar-refractivity contribution in [3.8, 4) is 0 Å². The van der Waals surface area contributed by atoms with Gasteiger partial charge in [-0.25, -0.2) is 14.4 Å². The highest BCUT2D eigenvalue weighted by Gasteiger charge is 2.04. The van der Waals surface area contributed by atoms with Gasteiger partial charge < -0.3 is 5.73 Å². The van der Waals surface area contributed by atoms with Crippen LogP contribution >= 0.6 is 15.9 Å². The van der Waals surface area contributed by atoms with Gasteiger partial charge in [0.15, 0.2) is 0 Å². The van der Waals surface area contributed by atoms with Crippen LogP contribution < -0.4 is 5.73 Å². The second kappa shape index (κ2) is 2.92. The summed E-state index contributed by atoms with van der Waals surface area (Å²) in [5, 5.41) is 0.373. The van der Waals surface area contributed by atoms with Gasteiger partial charge in [0.2, 0.25) is 5.95 Å². The average molecular weight is 242 g/mol. The minimum atomic E-state index is -0.357. The van der Waals surface area contributed by atoms with Gasteiger partial charge in [0, 0.05) is 10.7 Å². The first-order valence-electron chi connectivity index (χ1n) is 3.54. The lowest BCUT2D eigenvalue weighted by Gasteiger charge is -1.99. The minimum absolute atomic E-state index is 0.144. The predicted molar refractivity (Wildman–Crippen MR) is 51.6 cm³/mol. The lowest BCUT2D eigenvalue weighted by molar-refractivity contribution is 0.638. The van der Waals surface area contributed by atoms with Crippen LogP contribution in [0.5, 0.6) is 0 Å². The predicted octanol–water partition coefficient (Wildman–Crippen LogP) is 2.11. The normalized spacial score (nSPS) is 10.6. The number of nitrogen functional groups attached to an aromatic ring is 1. The third-order valence-electron chi connectivity index (χ3n) is 1.63. The van der Waals surface area contributed by atoms with E-state index < -0.39 is 0 Å². The lowest BCUT2D eigenvalue weighted by atomic mass is 10.2. The van der Waals surface area contributed by atoms with E-state index in [1.165, 1.54) is 12.3 Å². The fourth-order valence-corrected chi connectivity index (χ4v) is 1.49. The van der Waals surface area contributed by atoms with Gasteiger partial charge in [-0.15, -0.1) is 0 Å². The van der Waals surface area contributed by atoms with E-state index in [-0.39, 0.29) is 11.8 Å². The number of hydrogen-bond donors (Lipinski definition) is 1. The first kappa shape index (κ1) is 8.37. The number of anilines is 1. The summed E-state index contributed by atoms with van der Waals surface area (Å²) in [7, 11) is 0. The largest absolute Gasteiger partial charge is 0.368 e. The maximum atomic E-state index is 13.2. The van der Waals surface area contributed by atoms with Gasteiger partial charge in [-0.1, -0.05) is 15.9 Å². The second-order valence-electron chi connectivity index (χ2n) is 2.55. The summed E-state index contributed by atoms with van der Waals surface area (Å²) in [6, 6.07) is 3.05. The molecule has 2 rings (SSSR count). The van der Waals surface area contributed by atoms with Crippen molar-refractivity contribution in [2.75, 3.05) is 5.73 Å². The molecule has 1 aromatic carbocycles. The Hall–Kier alpha value is -1.23. The maximum absolute atomic E-state index is 13.2. The molecule has 2 aromatic rings. The van der Waals surface area contributed by atoms with E-state index in [1.807, 2.05) is 0 Å². The molecule has 0 saturated carbocycles. The highest BCUT2D eigenvalue weighted by atomic mass is 79.9. The Morgan fingerprint density at radius 2 is 2.15 bits per heavy atom. The van der Waals surface area contributed by atoms with E-state index in [0.717, 1.165) is 0 Å². The van der Waals surface area contributed by atoms with E-state index >= 15 is 0 Å². The van der Waals surface area contributed by atoms with Crippen molar-refractivity contribution in [2.24, 2.45) is 0 Å². The van der Waals surface area contributed by atoms with Gasteiger partial charge in [-0.05, 0) is 12.1 Å². The van der Waals surface area contributed by atoms with Crippen molar-refractivity contribution in [3.63, 3.8) is 0 Å². The molecule has 1 heterocycles. The third kappa shape index (κ3) is 1.47. The monoisotopic (exact) mass is 241 g/mol. The van der Waals surface area contributed by atoms with E-state index in [4.69, 9.17) is 5.73 Å². The Morgan fingerprint density at radius 3 is 2.92 bits per heavy atom. The zero-order chi connectivity index (χ0) is 9.42. The smallest absolute Gasteiger partial charge is 0.220 e. The van der Waals surface area contributed by atoms with Gasteiger partial charge >= 0.3 is 0 Å². The van der Waals surface area contributed by atoms with Crippen LogP contribution in [0.3, 0.4) is 0 Å². The first-order chi connectivity index (χ1) is 6.16. The average Bonchev–Trinajstić information content (AvgIpc) is 2.02. The molecule has 0 aliphatic carbocycles. The third-order valence-corrected chi connectivity index (χ3v) is 2.09. The number of rotatable bonds is 0. The summed E-state index contributed by atoms with van der Waals surface area (Å²) in [5.41, 5.74) is 5.86. The van der Waals surface area contributed by atoms with E-state index in [2.05, 4.69) is 25.9 Å². The minimum Gasteiger partial charge on any atom is -0.368 e. The van der Waals surface area contributed by atoms with E-state index in [0.29, 0.717) is 15.4 Å². The summed E-state index contributed by atoms with van der Waals surface area (Å²) < 4.78 is 13.9. The summed E-state index contributed by atoms with van der Waals surface area (Å²) in [6.45, 7) is 0. The Kier molecular flexibility index (Phi) is 1.88. The van der Waals surface area contributed by atoms with Crippen LogP contribution in [0, 0.1) is 5.82 Å². The Bertz CT molecular complexity index is 467. The standard InChI is InChI=1S/C8H5BrFN3/c9-4-1-6(10)5-3-12-8(11)13-7(5)2-4/h1-3H,(H2,11,12,13). The molecule has 0 bridgehead atoms. The van der Waals surface area contributed by atoms with Crippen molar-refractivity contribution in [3.05, 3.63) is 28.6 Å². The molecule has 0 aliphatic heterocycles. The molecule has 0 amide bonds. The number of fused-ring (bicyclic) bond motifs is 1. The molecule has 3 nitrogen and oxygen atoms in total. The first-order valence-corrected chi connectivity index (χ1v) is 4.33. The topological polar surface area (TPSA) is 51.8 Å². The molecule has 2 N–H and O–H groups in total. The molecule has 0 radical (unpaired) electrons. The molecular weight excluding hydrogens is 237 g/mol. The number of halogens is 2. The van der Waals surface area contributed by atoms with Crippen molar-refractivity contribution < 1.29 is 4.39 Å². The van der Waals surface area contributed by atoms with Crippen LogP contribution in [0.25, 0.3) is 10.9 Å². The summed E-state index contributed by atoms with van der Waals surface area (Å²) >= 11 is 3.17. The van der Waals surface area contributed by atoms with Crippen molar-refractivity contribution >= 4 is 32.8 Å². The Labute approximate surface area is 81.9 Å². The molecule has 0 spiro atoms. The Morgan fingerprint density at radius 1 is 1.38 bits per heavy atom. The zero-order valence-corrected chi connectivity index (χ0v) is 8.05. The zero-order valence-electron chi connectivity index (χ0n) is 6.46. The quantitative estimate of drug-likeness (QED) is 0.769. The van der Waals surface area contributed by atoms with Crippen LogP contribution in [0.4, 0.5) is 10.3 Å². The van der Waals surface area contributed by atoms with Gasteiger partial charge in [-0.2, -0.15) is 0 Å². The van der Waals surface area contributed by atoms with Crippen LogP contribution in [-0.4, -0.2) is 9.97 Å². The number of nitrogens with zero attached hydrogens (tertiary/aromatic N) is 2. The molecule has 5 heteroatoms.